The first-order chi connectivity index (χ1) is 11.8. The Balaban J connectivity index is 2.65. The van der Waals surface area contributed by atoms with Gasteiger partial charge in [0, 0.05) is 5.56 Å². The summed E-state index contributed by atoms with van der Waals surface area (Å²) in [6.07, 6.45) is -0.873. The minimum atomic E-state index is -0.873. The van der Waals surface area contributed by atoms with Crippen molar-refractivity contribution in [1.82, 2.24) is 4.57 Å². The van der Waals surface area contributed by atoms with Crippen LogP contribution < -0.4 is 5.56 Å². The molecule has 25 heavy (non-hydrogen) atoms. The second-order valence-electron chi connectivity index (χ2n) is 6.04. The van der Waals surface area contributed by atoms with Crippen molar-refractivity contribution in [2.75, 3.05) is 0 Å². The molecule has 2 rings (SSSR count). The number of aliphatic hydroxyl groups is 1. The molecule has 0 amide bonds. The Bertz CT molecular complexity index is 937. The summed E-state index contributed by atoms with van der Waals surface area (Å²) >= 11 is 0. The highest BCUT2D eigenvalue weighted by Gasteiger charge is 2.20. The van der Waals surface area contributed by atoms with E-state index in [1.54, 1.807) is 0 Å². The summed E-state index contributed by atoms with van der Waals surface area (Å²) in [5.74, 6) is -0.475. The lowest BCUT2D eigenvalue weighted by Gasteiger charge is -2.14. The highest BCUT2D eigenvalue weighted by molar-refractivity contribution is 5.57. The van der Waals surface area contributed by atoms with Crippen LogP contribution in [0.1, 0.15) is 29.2 Å². The SMILES string of the molecule is Cc1ccc(C)c(N=Nc2c(C)c(C#N)c(O)n(CC(C)O)c2=O)c1. The molecule has 7 nitrogen and oxygen atoms in total. The van der Waals surface area contributed by atoms with Gasteiger partial charge in [-0.05, 0) is 44.9 Å². The Morgan fingerprint density at radius 2 is 1.96 bits per heavy atom. The average Bonchev–Trinajstić information content (AvgIpc) is 2.54. The van der Waals surface area contributed by atoms with E-state index >= 15 is 0 Å². The van der Waals surface area contributed by atoms with Gasteiger partial charge in [0.2, 0.25) is 5.88 Å². The van der Waals surface area contributed by atoms with Gasteiger partial charge in [-0.15, -0.1) is 5.11 Å². The first-order valence-electron chi connectivity index (χ1n) is 7.79. The molecule has 0 spiro atoms. The summed E-state index contributed by atoms with van der Waals surface area (Å²) in [7, 11) is 0. The molecule has 7 heteroatoms. The van der Waals surface area contributed by atoms with E-state index in [1.807, 2.05) is 38.1 Å². The lowest BCUT2D eigenvalue weighted by Crippen LogP contribution is -2.26. The highest BCUT2D eigenvalue weighted by atomic mass is 16.3. The minimum Gasteiger partial charge on any atom is -0.493 e. The molecule has 1 atom stereocenters. The van der Waals surface area contributed by atoms with Crippen molar-refractivity contribution < 1.29 is 10.2 Å². The molecule has 130 valence electrons. The Morgan fingerprint density at radius 1 is 1.28 bits per heavy atom. The summed E-state index contributed by atoms with van der Waals surface area (Å²) in [6.45, 7) is 6.67. The van der Waals surface area contributed by atoms with Crippen molar-refractivity contribution in [3.05, 3.63) is 50.8 Å². The number of aromatic nitrogens is 1. The first-order valence-corrected chi connectivity index (χ1v) is 7.79. The van der Waals surface area contributed by atoms with Gasteiger partial charge in [-0.3, -0.25) is 9.36 Å². The minimum absolute atomic E-state index is 0.0316. The molecule has 0 saturated heterocycles. The van der Waals surface area contributed by atoms with Crippen molar-refractivity contribution >= 4 is 11.4 Å². The van der Waals surface area contributed by atoms with E-state index in [1.165, 1.54) is 13.8 Å². The maximum absolute atomic E-state index is 12.6. The van der Waals surface area contributed by atoms with E-state index in [2.05, 4.69) is 10.2 Å². The number of hydrogen-bond donors (Lipinski definition) is 2. The molecular formula is C18H20N4O3. The number of azo groups is 1. The summed E-state index contributed by atoms with van der Waals surface area (Å²) in [5, 5.41) is 37.2. The number of benzene rings is 1. The Hall–Kier alpha value is -2.98. The molecule has 1 heterocycles. The normalized spacial score (nSPS) is 12.3. The number of aliphatic hydroxyl groups excluding tert-OH is 1. The van der Waals surface area contributed by atoms with Crippen molar-refractivity contribution in [1.29, 1.82) is 5.26 Å². The van der Waals surface area contributed by atoms with Crippen molar-refractivity contribution in [3.63, 3.8) is 0 Å². The van der Waals surface area contributed by atoms with E-state index in [4.69, 9.17) is 0 Å². The number of rotatable bonds is 4. The van der Waals surface area contributed by atoms with E-state index in [0.29, 0.717) is 5.69 Å². The molecule has 2 aromatic rings. The molecule has 0 radical (unpaired) electrons. The quantitative estimate of drug-likeness (QED) is 0.833. The van der Waals surface area contributed by atoms with Crippen LogP contribution in [0.4, 0.5) is 11.4 Å². The number of pyridine rings is 1. The van der Waals surface area contributed by atoms with Crippen LogP contribution in [0.5, 0.6) is 5.88 Å². The Labute approximate surface area is 145 Å². The smallest absolute Gasteiger partial charge is 0.281 e. The molecule has 1 unspecified atom stereocenters. The van der Waals surface area contributed by atoms with E-state index in [0.717, 1.165) is 15.7 Å². The third-order valence-corrected chi connectivity index (χ3v) is 3.84. The predicted octanol–water partition coefficient (Wildman–Crippen LogP) is 3.15. The molecule has 1 aromatic carbocycles. The van der Waals surface area contributed by atoms with Crippen molar-refractivity contribution in [3.8, 4) is 11.9 Å². The van der Waals surface area contributed by atoms with Crippen LogP contribution in [-0.2, 0) is 6.54 Å². The number of nitriles is 1. The standard InChI is InChI=1S/C18H20N4O3/c1-10-5-6-11(2)15(7-10)20-21-16-13(4)14(8-19)17(24)22(18(16)25)9-12(3)23/h5-7,12,23-24H,9H2,1-4H3. The number of aryl methyl sites for hydroxylation is 2. The van der Waals surface area contributed by atoms with Crippen LogP contribution >= 0.6 is 0 Å². The van der Waals surface area contributed by atoms with Crippen molar-refractivity contribution in [2.45, 2.75) is 40.3 Å². The summed E-state index contributed by atoms with van der Waals surface area (Å²) < 4.78 is 0.938. The van der Waals surface area contributed by atoms with Crippen LogP contribution in [0.25, 0.3) is 0 Å². The maximum Gasteiger partial charge on any atom is 0.281 e. The molecule has 0 saturated carbocycles. The fourth-order valence-electron chi connectivity index (χ4n) is 2.42. The second-order valence-corrected chi connectivity index (χ2v) is 6.04. The lowest BCUT2D eigenvalue weighted by molar-refractivity contribution is 0.167. The van der Waals surface area contributed by atoms with Gasteiger partial charge in [-0.1, -0.05) is 12.1 Å². The van der Waals surface area contributed by atoms with Gasteiger partial charge in [0.15, 0.2) is 5.69 Å². The molecule has 0 aliphatic heterocycles. The fourth-order valence-corrected chi connectivity index (χ4v) is 2.42. The third-order valence-electron chi connectivity index (χ3n) is 3.84. The molecule has 1 aromatic heterocycles. The lowest BCUT2D eigenvalue weighted by atomic mass is 10.1. The zero-order valence-electron chi connectivity index (χ0n) is 14.6. The van der Waals surface area contributed by atoms with Gasteiger partial charge >= 0.3 is 0 Å². The first kappa shape index (κ1) is 18.4. The van der Waals surface area contributed by atoms with E-state index < -0.39 is 17.5 Å². The zero-order chi connectivity index (χ0) is 18.7. The van der Waals surface area contributed by atoms with Crippen LogP contribution in [0.2, 0.25) is 0 Å². The van der Waals surface area contributed by atoms with Gasteiger partial charge in [0.05, 0.1) is 18.3 Å². The topological polar surface area (TPSA) is 111 Å². The molecule has 0 aliphatic rings. The summed E-state index contributed by atoms with van der Waals surface area (Å²) in [5.41, 5.74) is 2.07. The third kappa shape index (κ3) is 3.75. The summed E-state index contributed by atoms with van der Waals surface area (Å²) in [6, 6.07) is 7.56. The number of aromatic hydroxyl groups is 1. The van der Waals surface area contributed by atoms with Gasteiger partial charge in [0.25, 0.3) is 5.56 Å². The highest BCUT2D eigenvalue weighted by Crippen LogP contribution is 2.28. The van der Waals surface area contributed by atoms with Crippen LogP contribution in [0.3, 0.4) is 0 Å². The zero-order valence-corrected chi connectivity index (χ0v) is 14.6. The van der Waals surface area contributed by atoms with Crippen LogP contribution in [0.15, 0.2) is 33.2 Å². The Kier molecular flexibility index (Phi) is 5.35. The Morgan fingerprint density at radius 3 is 2.56 bits per heavy atom. The van der Waals surface area contributed by atoms with Gasteiger partial charge in [-0.2, -0.15) is 10.4 Å². The van der Waals surface area contributed by atoms with Gasteiger partial charge in [0.1, 0.15) is 11.6 Å². The molecule has 2 N–H and O–H groups in total. The fraction of sp³-hybridized carbons (Fsp3) is 0.333. The van der Waals surface area contributed by atoms with Gasteiger partial charge in [-0.25, -0.2) is 0 Å². The van der Waals surface area contributed by atoms with Crippen LogP contribution in [-0.4, -0.2) is 20.9 Å². The molecule has 0 bridgehead atoms. The van der Waals surface area contributed by atoms with E-state index in [-0.39, 0.29) is 23.4 Å². The molecule has 0 aliphatic carbocycles. The van der Waals surface area contributed by atoms with Gasteiger partial charge < -0.3 is 10.2 Å². The molecule has 0 fully saturated rings. The van der Waals surface area contributed by atoms with Crippen LogP contribution in [0, 0.1) is 32.1 Å². The largest absolute Gasteiger partial charge is 0.493 e. The average molecular weight is 340 g/mol. The monoisotopic (exact) mass is 340 g/mol. The number of nitrogens with zero attached hydrogens (tertiary/aromatic N) is 4. The van der Waals surface area contributed by atoms with Crippen molar-refractivity contribution in [2.24, 2.45) is 10.2 Å². The molecular weight excluding hydrogens is 320 g/mol. The second kappa shape index (κ2) is 7.28. The van der Waals surface area contributed by atoms with E-state index in [9.17, 15) is 20.3 Å². The summed E-state index contributed by atoms with van der Waals surface area (Å²) in [4.78, 5) is 12.6. The predicted molar refractivity (Wildman–Crippen MR) is 93.6 cm³/mol. The number of hydrogen-bond acceptors (Lipinski definition) is 6. The maximum atomic E-state index is 12.6.